The zero-order valence-electron chi connectivity index (χ0n) is 12.1. The Labute approximate surface area is 115 Å². The number of methoxy groups -OCH3 is 1. The van der Waals surface area contributed by atoms with Gasteiger partial charge in [0.1, 0.15) is 5.82 Å². The van der Waals surface area contributed by atoms with E-state index in [9.17, 15) is 4.39 Å². The fourth-order valence-electron chi connectivity index (χ4n) is 3.28. The van der Waals surface area contributed by atoms with E-state index in [1.54, 1.807) is 19.2 Å². The molecule has 1 aliphatic rings. The van der Waals surface area contributed by atoms with E-state index in [1.165, 1.54) is 18.9 Å². The lowest BCUT2D eigenvalue weighted by Gasteiger charge is -2.44. The molecule has 1 aromatic rings. The Morgan fingerprint density at radius 2 is 2.05 bits per heavy atom. The van der Waals surface area contributed by atoms with Gasteiger partial charge in [-0.1, -0.05) is 19.1 Å². The smallest absolute Gasteiger partial charge is 0.123 e. The van der Waals surface area contributed by atoms with Crippen LogP contribution in [0.25, 0.3) is 0 Å². The van der Waals surface area contributed by atoms with Crippen LogP contribution < -0.4 is 5.32 Å². The van der Waals surface area contributed by atoms with Gasteiger partial charge in [-0.15, -0.1) is 0 Å². The van der Waals surface area contributed by atoms with Crippen molar-refractivity contribution in [1.82, 2.24) is 5.32 Å². The molecule has 0 spiro atoms. The van der Waals surface area contributed by atoms with E-state index < -0.39 is 0 Å². The number of hydrogen-bond donors (Lipinski definition) is 1. The number of nitrogens with one attached hydrogen (secondary N) is 1. The molecule has 0 aliphatic heterocycles. The van der Waals surface area contributed by atoms with Gasteiger partial charge >= 0.3 is 0 Å². The Kier molecular flexibility index (Phi) is 4.58. The first-order valence-electron chi connectivity index (χ1n) is 7.09. The first kappa shape index (κ1) is 14.5. The molecule has 1 aliphatic carbocycles. The Morgan fingerprint density at radius 1 is 1.37 bits per heavy atom. The summed E-state index contributed by atoms with van der Waals surface area (Å²) in [6.07, 6.45) is 4.38. The zero-order chi connectivity index (χ0) is 13.9. The largest absolute Gasteiger partial charge is 0.376 e. The molecule has 0 aromatic heterocycles. The Hall–Kier alpha value is -0.930. The molecule has 1 aromatic carbocycles. The third-order valence-electron chi connectivity index (χ3n) is 4.52. The van der Waals surface area contributed by atoms with E-state index >= 15 is 0 Å². The summed E-state index contributed by atoms with van der Waals surface area (Å²) in [7, 11) is 3.70. The zero-order valence-corrected chi connectivity index (χ0v) is 12.1. The van der Waals surface area contributed by atoms with E-state index in [1.807, 2.05) is 13.1 Å². The van der Waals surface area contributed by atoms with E-state index in [-0.39, 0.29) is 17.5 Å². The van der Waals surface area contributed by atoms with E-state index in [4.69, 9.17) is 4.74 Å². The molecule has 0 saturated heterocycles. The molecule has 2 rings (SSSR count). The van der Waals surface area contributed by atoms with Gasteiger partial charge in [-0.25, -0.2) is 4.39 Å². The molecule has 1 unspecified atom stereocenters. The molecule has 1 fully saturated rings. The van der Waals surface area contributed by atoms with Crippen molar-refractivity contribution >= 4 is 0 Å². The van der Waals surface area contributed by atoms with Crippen LogP contribution in [0.4, 0.5) is 4.39 Å². The highest BCUT2D eigenvalue weighted by molar-refractivity contribution is 5.24. The summed E-state index contributed by atoms with van der Waals surface area (Å²) in [5.41, 5.74) is 0.758. The standard InChI is InChI=1S/C16H24FNO/c1-12-7-9-16(19-3,10-8-12)15(18-2)13-5-4-6-14(17)11-13/h4-6,11-12,15,18H,7-10H2,1-3H3. The number of hydrogen-bond acceptors (Lipinski definition) is 2. The van der Waals surface area contributed by atoms with Gasteiger partial charge in [-0.3, -0.25) is 0 Å². The van der Waals surface area contributed by atoms with Gasteiger partial charge in [-0.2, -0.15) is 0 Å². The average Bonchev–Trinajstić information content (AvgIpc) is 2.42. The maximum atomic E-state index is 13.5. The second kappa shape index (κ2) is 6.02. The molecule has 2 nitrogen and oxygen atoms in total. The van der Waals surface area contributed by atoms with Crippen molar-refractivity contribution in [3.8, 4) is 0 Å². The summed E-state index contributed by atoms with van der Waals surface area (Å²) in [5, 5.41) is 3.33. The van der Waals surface area contributed by atoms with Crippen molar-refractivity contribution in [3.05, 3.63) is 35.6 Å². The lowest BCUT2D eigenvalue weighted by Crippen LogP contribution is -2.47. The van der Waals surface area contributed by atoms with Gasteiger partial charge in [-0.05, 0) is 56.3 Å². The van der Waals surface area contributed by atoms with Crippen molar-refractivity contribution in [2.75, 3.05) is 14.2 Å². The quantitative estimate of drug-likeness (QED) is 0.896. The molecule has 0 bridgehead atoms. The van der Waals surface area contributed by atoms with Crippen LogP contribution in [0, 0.1) is 11.7 Å². The van der Waals surface area contributed by atoms with Crippen LogP contribution in [0.3, 0.4) is 0 Å². The molecule has 1 atom stereocenters. The highest BCUT2D eigenvalue weighted by Crippen LogP contribution is 2.42. The van der Waals surface area contributed by atoms with Crippen molar-refractivity contribution in [2.24, 2.45) is 5.92 Å². The number of rotatable bonds is 4. The molecular formula is C16H24FNO. The molecule has 1 saturated carbocycles. The molecule has 0 radical (unpaired) electrons. The molecule has 0 amide bonds. The van der Waals surface area contributed by atoms with Crippen LogP contribution >= 0.6 is 0 Å². The Bertz CT molecular complexity index is 413. The average molecular weight is 265 g/mol. The number of likely N-dealkylation sites (N-methyl/N-ethyl adjacent to an activating group) is 1. The summed E-state index contributed by atoms with van der Waals surface area (Å²) < 4.78 is 19.3. The lowest BCUT2D eigenvalue weighted by molar-refractivity contribution is -0.0745. The van der Waals surface area contributed by atoms with Crippen LogP contribution in [0.5, 0.6) is 0 Å². The lowest BCUT2D eigenvalue weighted by atomic mass is 9.73. The maximum Gasteiger partial charge on any atom is 0.123 e. The van der Waals surface area contributed by atoms with Gasteiger partial charge in [0.05, 0.1) is 11.6 Å². The highest BCUT2D eigenvalue weighted by atomic mass is 19.1. The van der Waals surface area contributed by atoms with Gasteiger partial charge in [0, 0.05) is 7.11 Å². The third-order valence-corrected chi connectivity index (χ3v) is 4.52. The number of halogens is 1. The predicted octanol–water partition coefficient (Wildman–Crippen LogP) is 3.68. The normalized spacial score (nSPS) is 29.2. The van der Waals surface area contributed by atoms with Gasteiger partial charge in [0.25, 0.3) is 0 Å². The van der Waals surface area contributed by atoms with Crippen molar-refractivity contribution in [3.63, 3.8) is 0 Å². The van der Waals surface area contributed by atoms with Crippen molar-refractivity contribution < 1.29 is 9.13 Å². The molecule has 0 heterocycles. The topological polar surface area (TPSA) is 21.3 Å². The second-order valence-electron chi connectivity index (χ2n) is 5.73. The van der Waals surface area contributed by atoms with Crippen LogP contribution in [-0.2, 0) is 4.74 Å². The van der Waals surface area contributed by atoms with Crippen molar-refractivity contribution in [2.45, 2.75) is 44.2 Å². The predicted molar refractivity (Wildman–Crippen MR) is 75.6 cm³/mol. The van der Waals surface area contributed by atoms with Crippen LogP contribution in [-0.4, -0.2) is 19.8 Å². The van der Waals surface area contributed by atoms with Crippen LogP contribution in [0.2, 0.25) is 0 Å². The summed E-state index contributed by atoms with van der Waals surface area (Å²) in [6.45, 7) is 2.29. The highest BCUT2D eigenvalue weighted by Gasteiger charge is 2.41. The number of benzene rings is 1. The minimum atomic E-state index is -0.213. The molecule has 1 N–H and O–H groups in total. The van der Waals surface area contributed by atoms with Crippen molar-refractivity contribution in [1.29, 1.82) is 0 Å². The third kappa shape index (κ3) is 2.98. The minimum absolute atomic E-state index is 0.0423. The van der Waals surface area contributed by atoms with E-state index in [0.29, 0.717) is 0 Å². The summed E-state index contributed by atoms with van der Waals surface area (Å²) in [6, 6.07) is 6.88. The van der Waals surface area contributed by atoms with Crippen LogP contribution in [0.15, 0.2) is 24.3 Å². The summed E-state index contributed by atoms with van der Waals surface area (Å²) >= 11 is 0. The van der Waals surface area contributed by atoms with E-state index in [2.05, 4.69) is 12.2 Å². The minimum Gasteiger partial charge on any atom is -0.376 e. The molecule has 19 heavy (non-hydrogen) atoms. The SMILES string of the molecule is CNC(c1cccc(F)c1)C1(OC)CCC(C)CC1. The first-order valence-corrected chi connectivity index (χ1v) is 7.09. The Morgan fingerprint density at radius 3 is 2.58 bits per heavy atom. The van der Waals surface area contributed by atoms with E-state index in [0.717, 1.165) is 24.3 Å². The monoisotopic (exact) mass is 265 g/mol. The van der Waals surface area contributed by atoms with Gasteiger partial charge in [0.15, 0.2) is 0 Å². The fourth-order valence-corrected chi connectivity index (χ4v) is 3.28. The van der Waals surface area contributed by atoms with Gasteiger partial charge < -0.3 is 10.1 Å². The molecule has 106 valence electrons. The number of ether oxygens (including phenoxy) is 1. The molecule has 3 heteroatoms. The first-order chi connectivity index (χ1) is 9.11. The molecular weight excluding hydrogens is 241 g/mol. The summed E-state index contributed by atoms with van der Waals surface area (Å²) in [5.74, 6) is 0.571. The maximum absolute atomic E-state index is 13.5. The van der Waals surface area contributed by atoms with Crippen LogP contribution in [0.1, 0.15) is 44.2 Å². The fraction of sp³-hybridized carbons (Fsp3) is 0.625. The van der Waals surface area contributed by atoms with Gasteiger partial charge in [0.2, 0.25) is 0 Å². The second-order valence-corrected chi connectivity index (χ2v) is 5.73. The summed E-state index contributed by atoms with van der Waals surface area (Å²) in [4.78, 5) is 0. The Balaban J connectivity index is 2.28.